The number of allylic oxidation sites excluding steroid dienone is 3. The Labute approximate surface area is 161 Å². The van der Waals surface area contributed by atoms with Gasteiger partial charge < -0.3 is 24.6 Å². The molecule has 5 nitrogen and oxygen atoms in total. The van der Waals surface area contributed by atoms with Crippen LogP contribution < -0.4 is 9.64 Å². The van der Waals surface area contributed by atoms with Crippen molar-refractivity contribution < 1.29 is 19.7 Å². The highest BCUT2D eigenvalue weighted by Gasteiger charge is 2.21. The number of benzene rings is 1. The molecule has 26 heavy (non-hydrogen) atoms. The van der Waals surface area contributed by atoms with Gasteiger partial charge in [0.15, 0.2) is 6.23 Å². The lowest BCUT2D eigenvalue weighted by molar-refractivity contribution is 0.0325. The van der Waals surface area contributed by atoms with Crippen LogP contribution >= 0.6 is 11.6 Å². The maximum Gasteiger partial charge on any atom is 0.152 e. The van der Waals surface area contributed by atoms with Gasteiger partial charge >= 0.3 is 0 Å². The zero-order valence-electron chi connectivity index (χ0n) is 16.4. The topological polar surface area (TPSA) is 62.2 Å². The summed E-state index contributed by atoms with van der Waals surface area (Å²) in [5, 5.41) is 20.2. The van der Waals surface area contributed by atoms with E-state index in [1.165, 1.54) is 11.8 Å². The molecule has 0 aliphatic carbocycles. The molecule has 0 heterocycles. The number of methoxy groups -OCH3 is 2. The summed E-state index contributed by atoms with van der Waals surface area (Å²) in [6.45, 7) is 5.53. The molecule has 6 heteroatoms. The van der Waals surface area contributed by atoms with E-state index in [2.05, 4.69) is 0 Å². The largest absolute Gasteiger partial charge is 0.495 e. The first kappa shape index (κ1) is 22.5. The van der Waals surface area contributed by atoms with Gasteiger partial charge in [-0.15, -0.1) is 0 Å². The minimum absolute atomic E-state index is 0.0666. The Morgan fingerprint density at radius 1 is 1.27 bits per heavy atom. The molecule has 0 aliphatic heterocycles. The van der Waals surface area contributed by atoms with Crippen molar-refractivity contribution in [3.8, 4) is 5.75 Å². The first-order valence-electron chi connectivity index (χ1n) is 8.53. The minimum atomic E-state index is -1.07. The summed E-state index contributed by atoms with van der Waals surface area (Å²) >= 11 is 6.40. The summed E-state index contributed by atoms with van der Waals surface area (Å²) in [4.78, 5) is 1.54. The Morgan fingerprint density at radius 2 is 1.92 bits per heavy atom. The highest BCUT2D eigenvalue weighted by molar-refractivity contribution is 6.34. The monoisotopic (exact) mass is 383 g/mol. The molecule has 0 radical (unpaired) electrons. The molecule has 146 valence electrons. The number of nitrogens with zero attached hydrogens (tertiary/aromatic N) is 1. The zero-order chi connectivity index (χ0) is 19.9. The van der Waals surface area contributed by atoms with Crippen molar-refractivity contribution in [1.82, 2.24) is 0 Å². The number of rotatable bonds is 9. The second-order valence-electron chi connectivity index (χ2n) is 6.41. The third kappa shape index (κ3) is 6.32. The predicted octanol–water partition coefficient (Wildman–Crippen LogP) is 3.56. The quantitative estimate of drug-likeness (QED) is 0.504. The van der Waals surface area contributed by atoms with Gasteiger partial charge in [0.2, 0.25) is 0 Å². The van der Waals surface area contributed by atoms with E-state index < -0.39 is 12.3 Å². The van der Waals surface area contributed by atoms with Crippen LogP contribution in [0.5, 0.6) is 5.75 Å². The molecule has 1 aromatic rings. The molecule has 0 aliphatic rings. The van der Waals surface area contributed by atoms with E-state index in [9.17, 15) is 10.2 Å². The molecular formula is C20H30ClNO4. The summed E-state index contributed by atoms with van der Waals surface area (Å²) in [5.74, 6) is 0.528. The number of aliphatic hydroxyl groups is 2. The van der Waals surface area contributed by atoms with Crippen LogP contribution in [0.3, 0.4) is 0 Å². The molecule has 0 bridgehead atoms. The van der Waals surface area contributed by atoms with Gasteiger partial charge in [-0.05, 0) is 44.9 Å². The summed E-state index contributed by atoms with van der Waals surface area (Å²) in [6.07, 6.45) is 4.76. The molecule has 0 saturated carbocycles. The van der Waals surface area contributed by atoms with Crippen molar-refractivity contribution >= 4 is 17.3 Å². The summed E-state index contributed by atoms with van der Waals surface area (Å²) in [7, 11) is 4.90. The van der Waals surface area contributed by atoms with Crippen molar-refractivity contribution in [3.63, 3.8) is 0 Å². The van der Waals surface area contributed by atoms with Crippen LogP contribution in [-0.4, -0.2) is 49.9 Å². The third-order valence-electron chi connectivity index (χ3n) is 4.13. The first-order valence-corrected chi connectivity index (χ1v) is 8.91. The number of anilines is 1. The summed E-state index contributed by atoms with van der Waals surface area (Å²) in [5.41, 5.74) is 2.75. The van der Waals surface area contributed by atoms with Crippen LogP contribution in [0.4, 0.5) is 5.69 Å². The number of likely N-dealkylation sites (N-methyl/N-ethyl adjacent to an activating group) is 1. The number of hydrogen-bond donors (Lipinski definition) is 2. The van der Waals surface area contributed by atoms with Crippen LogP contribution in [-0.2, 0) is 11.2 Å². The van der Waals surface area contributed by atoms with Gasteiger partial charge in [0.1, 0.15) is 10.8 Å². The van der Waals surface area contributed by atoms with Crippen LogP contribution in [0.15, 0.2) is 35.9 Å². The van der Waals surface area contributed by atoms with E-state index in [-0.39, 0.29) is 6.10 Å². The van der Waals surface area contributed by atoms with Crippen molar-refractivity contribution in [2.75, 3.05) is 26.2 Å². The van der Waals surface area contributed by atoms with Crippen molar-refractivity contribution in [2.45, 2.75) is 45.6 Å². The summed E-state index contributed by atoms with van der Waals surface area (Å²) in [6, 6.07) is 3.78. The van der Waals surface area contributed by atoms with Crippen LogP contribution in [0.25, 0.3) is 0 Å². The fourth-order valence-electron chi connectivity index (χ4n) is 2.45. The molecule has 0 spiro atoms. The Balaban J connectivity index is 3.11. The van der Waals surface area contributed by atoms with Gasteiger partial charge in [0, 0.05) is 14.2 Å². The molecule has 1 rings (SSSR count). The summed E-state index contributed by atoms with van der Waals surface area (Å²) < 4.78 is 10.6. The predicted molar refractivity (Wildman–Crippen MR) is 107 cm³/mol. The normalized spacial score (nSPS) is 15.8. The van der Waals surface area contributed by atoms with Gasteiger partial charge in [-0.25, -0.2) is 0 Å². The standard InChI is InChI=1S/C20H30ClNO4/c1-13(8-7-9-14(2)25-5)10-16-11-17(19(21)18(12-16)26-6)22(4)20(24)15(3)23/h7-9,11-12,14-15,20,23-24H,10H2,1-6H3/b9-7+,13-8+. The van der Waals surface area contributed by atoms with Crippen molar-refractivity contribution in [2.24, 2.45) is 0 Å². The van der Waals surface area contributed by atoms with Gasteiger partial charge in [-0.1, -0.05) is 35.4 Å². The number of hydrogen-bond acceptors (Lipinski definition) is 5. The Bertz CT molecular complexity index is 643. The fraction of sp³-hybridized carbons (Fsp3) is 0.500. The average Bonchev–Trinajstić information content (AvgIpc) is 2.61. The number of halogens is 1. The lowest BCUT2D eigenvalue weighted by Gasteiger charge is -2.29. The van der Waals surface area contributed by atoms with E-state index in [0.717, 1.165) is 11.1 Å². The highest BCUT2D eigenvalue weighted by Crippen LogP contribution is 2.37. The fourth-order valence-corrected chi connectivity index (χ4v) is 2.77. The van der Waals surface area contributed by atoms with Gasteiger partial charge in [0.05, 0.1) is 25.0 Å². The molecule has 2 N–H and O–H groups in total. The second-order valence-corrected chi connectivity index (χ2v) is 6.79. The van der Waals surface area contributed by atoms with E-state index in [1.807, 2.05) is 44.2 Å². The van der Waals surface area contributed by atoms with E-state index in [4.69, 9.17) is 21.1 Å². The van der Waals surface area contributed by atoms with Crippen molar-refractivity contribution in [3.05, 3.63) is 46.5 Å². The lowest BCUT2D eigenvalue weighted by atomic mass is 10.0. The lowest BCUT2D eigenvalue weighted by Crippen LogP contribution is -2.40. The molecule has 0 fully saturated rings. The van der Waals surface area contributed by atoms with Crippen LogP contribution in [0.2, 0.25) is 5.02 Å². The average molecular weight is 384 g/mol. The molecule has 0 saturated heterocycles. The molecular weight excluding hydrogens is 354 g/mol. The van der Waals surface area contributed by atoms with Crippen LogP contribution in [0, 0.1) is 0 Å². The van der Waals surface area contributed by atoms with Gasteiger partial charge in [0.25, 0.3) is 0 Å². The smallest absolute Gasteiger partial charge is 0.152 e. The minimum Gasteiger partial charge on any atom is -0.495 e. The third-order valence-corrected chi connectivity index (χ3v) is 4.51. The first-order chi connectivity index (χ1) is 12.2. The number of ether oxygens (including phenoxy) is 2. The molecule has 0 aromatic heterocycles. The van der Waals surface area contributed by atoms with E-state index in [1.54, 1.807) is 21.3 Å². The molecule has 3 unspecified atom stereocenters. The van der Waals surface area contributed by atoms with Crippen LogP contribution in [0.1, 0.15) is 26.3 Å². The molecule has 1 aromatic carbocycles. The Hall–Kier alpha value is -1.53. The van der Waals surface area contributed by atoms with E-state index >= 15 is 0 Å². The SMILES string of the molecule is COc1cc(C/C(C)=C/C=C/C(C)OC)cc(N(C)C(O)C(C)O)c1Cl. The highest BCUT2D eigenvalue weighted by atomic mass is 35.5. The maximum atomic E-state index is 10.1. The zero-order valence-corrected chi connectivity index (χ0v) is 17.1. The number of aliphatic hydroxyl groups excluding tert-OH is 2. The molecule has 3 atom stereocenters. The van der Waals surface area contributed by atoms with Gasteiger partial charge in [-0.2, -0.15) is 0 Å². The molecule has 0 amide bonds. The van der Waals surface area contributed by atoms with Crippen molar-refractivity contribution in [1.29, 1.82) is 0 Å². The Morgan fingerprint density at radius 3 is 2.46 bits per heavy atom. The maximum absolute atomic E-state index is 10.1. The van der Waals surface area contributed by atoms with E-state index in [0.29, 0.717) is 22.9 Å². The second kappa shape index (κ2) is 10.6. The Kier molecular flexibility index (Phi) is 9.16. The van der Waals surface area contributed by atoms with Gasteiger partial charge in [-0.3, -0.25) is 0 Å².